The summed E-state index contributed by atoms with van der Waals surface area (Å²) in [7, 11) is 0. The first-order chi connectivity index (χ1) is 14.9. The molecule has 0 fully saturated rings. The lowest BCUT2D eigenvalue weighted by molar-refractivity contribution is 0.269. The van der Waals surface area contributed by atoms with Crippen LogP contribution >= 0.6 is 50.7 Å². The molecular weight excluding hydrogens is 521 g/mol. The zero-order valence-electron chi connectivity index (χ0n) is 16.5. The zero-order valence-corrected chi connectivity index (χ0v) is 20.3. The van der Waals surface area contributed by atoms with E-state index in [1.54, 1.807) is 36.4 Å². The highest BCUT2D eigenvalue weighted by Gasteiger charge is 2.14. The molecule has 3 aromatic carbocycles. The smallest absolute Gasteiger partial charge is 0.180 e. The number of halogens is 4. The second-order valence-electron chi connectivity index (χ2n) is 6.47. The molecule has 0 N–H and O–H groups in total. The minimum absolute atomic E-state index is 0.339. The Balaban J connectivity index is 1.94. The summed E-state index contributed by atoms with van der Waals surface area (Å²) in [5.74, 6) is 0.949. The van der Waals surface area contributed by atoms with Crippen LogP contribution in [0.1, 0.15) is 23.6 Å². The lowest BCUT2D eigenvalue weighted by atomic mass is 10.0. The van der Waals surface area contributed by atoms with Gasteiger partial charge in [0.15, 0.2) is 11.5 Å². The lowest BCUT2D eigenvalue weighted by Gasteiger charge is -2.15. The summed E-state index contributed by atoms with van der Waals surface area (Å²) in [6.07, 6.45) is 1.70. The highest BCUT2D eigenvalue weighted by molar-refractivity contribution is 9.10. The van der Waals surface area contributed by atoms with Gasteiger partial charge >= 0.3 is 0 Å². The number of nitriles is 1. The van der Waals surface area contributed by atoms with Gasteiger partial charge in [0.1, 0.15) is 6.61 Å². The maximum absolute atomic E-state index is 9.66. The van der Waals surface area contributed by atoms with Gasteiger partial charge in [-0.1, -0.05) is 68.9 Å². The predicted molar refractivity (Wildman–Crippen MR) is 131 cm³/mol. The third-order valence-corrected chi connectivity index (χ3v) is 5.64. The number of allylic oxidation sites excluding steroid dienone is 1. The maximum Gasteiger partial charge on any atom is 0.180 e. The first-order valence-corrected chi connectivity index (χ1v) is 11.2. The first-order valence-electron chi connectivity index (χ1n) is 9.32. The molecule has 0 saturated heterocycles. The van der Waals surface area contributed by atoms with E-state index in [-0.39, 0.29) is 0 Å². The van der Waals surface area contributed by atoms with Crippen LogP contribution in [0.4, 0.5) is 0 Å². The van der Waals surface area contributed by atoms with Crippen molar-refractivity contribution in [1.82, 2.24) is 0 Å². The minimum Gasteiger partial charge on any atom is -0.490 e. The van der Waals surface area contributed by atoms with Gasteiger partial charge in [-0.2, -0.15) is 5.26 Å². The maximum atomic E-state index is 9.66. The van der Waals surface area contributed by atoms with Gasteiger partial charge in [0, 0.05) is 15.1 Å². The second-order valence-corrected chi connectivity index (χ2v) is 8.64. The molecule has 3 nitrogen and oxygen atoms in total. The minimum atomic E-state index is 0.339. The average molecular weight is 538 g/mol. The zero-order chi connectivity index (χ0) is 22.4. The Bertz CT molecular complexity index is 1150. The van der Waals surface area contributed by atoms with Crippen LogP contribution in [0.2, 0.25) is 15.1 Å². The van der Waals surface area contributed by atoms with Crippen LogP contribution in [0.15, 0.2) is 59.1 Å². The average Bonchev–Trinajstić information content (AvgIpc) is 2.73. The highest BCUT2D eigenvalue weighted by Crippen LogP contribution is 2.38. The monoisotopic (exact) mass is 535 g/mol. The summed E-state index contributed by atoms with van der Waals surface area (Å²) in [5, 5.41) is 10.9. The fourth-order valence-electron chi connectivity index (χ4n) is 2.86. The van der Waals surface area contributed by atoms with Crippen LogP contribution in [0, 0.1) is 11.3 Å². The Labute approximate surface area is 204 Å². The van der Waals surface area contributed by atoms with Crippen molar-refractivity contribution in [1.29, 1.82) is 5.26 Å². The van der Waals surface area contributed by atoms with Crippen molar-refractivity contribution in [2.45, 2.75) is 13.5 Å². The Morgan fingerprint density at radius 2 is 1.74 bits per heavy atom. The van der Waals surface area contributed by atoms with Crippen molar-refractivity contribution in [3.05, 3.63) is 90.8 Å². The molecule has 0 atom stereocenters. The molecule has 0 unspecified atom stereocenters. The van der Waals surface area contributed by atoms with E-state index in [0.717, 1.165) is 10.0 Å². The number of hydrogen-bond acceptors (Lipinski definition) is 3. The summed E-state index contributed by atoms with van der Waals surface area (Å²) < 4.78 is 12.7. The molecule has 3 rings (SSSR count). The van der Waals surface area contributed by atoms with Gasteiger partial charge < -0.3 is 9.47 Å². The highest BCUT2D eigenvalue weighted by atomic mass is 79.9. The number of hydrogen-bond donors (Lipinski definition) is 0. The molecule has 0 radical (unpaired) electrons. The van der Waals surface area contributed by atoms with E-state index in [0.29, 0.717) is 56.5 Å². The molecular formula is C24H17BrCl3NO2. The third kappa shape index (κ3) is 6.18. The van der Waals surface area contributed by atoms with Crippen molar-refractivity contribution in [3.8, 4) is 17.6 Å². The van der Waals surface area contributed by atoms with Crippen LogP contribution in [0.5, 0.6) is 11.5 Å². The van der Waals surface area contributed by atoms with Gasteiger partial charge in [-0.25, -0.2) is 0 Å². The van der Waals surface area contributed by atoms with Gasteiger partial charge in [0.2, 0.25) is 0 Å². The molecule has 0 saturated carbocycles. The molecule has 0 aliphatic rings. The van der Waals surface area contributed by atoms with Gasteiger partial charge in [-0.3, -0.25) is 0 Å². The fraction of sp³-hybridized carbons (Fsp3) is 0.125. The Morgan fingerprint density at radius 3 is 2.39 bits per heavy atom. The predicted octanol–water partition coefficient (Wildman–Crippen LogP) is 8.45. The van der Waals surface area contributed by atoms with Crippen LogP contribution < -0.4 is 9.47 Å². The van der Waals surface area contributed by atoms with Gasteiger partial charge in [0.25, 0.3) is 0 Å². The molecule has 0 aliphatic heterocycles. The van der Waals surface area contributed by atoms with E-state index in [1.165, 1.54) is 0 Å². The summed E-state index contributed by atoms with van der Waals surface area (Å²) in [6.45, 7) is 2.65. The molecule has 0 aliphatic carbocycles. The Morgan fingerprint density at radius 1 is 1.00 bits per heavy atom. The largest absolute Gasteiger partial charge is 0.490 e. The van der Waals surface area contributed by atoms with Crippen LogP contribution in [0.3, 0.4) is 0 Å². The van der Waals surface area contributed by atoms with Crippen molar-refractivity contribution >= 4 is 62.4 Å². The number of nitrogens with zero attached hydrogens (tertiary/aromatic N) is 1. The Kier molecular flexibility index (Phi) is 8.28. The van der Waals surface area contributed by atoms with Crippen molar-refractivity contribution < 1.29 is 9.47 Å². The third-order valence-electron chi connectivity index (χ3n) is 4.28. The SMILES string of the molecule is CCOc1cc(/C=C(\C#N)c2ccc(Cl)cc2Cl)cc(Cl)c1OCc1ccc(Br)cc1. The van der Waals surface area contributed by atoms with Gasteiger partial charge in [0.05, 0.1) is 28.3 Å². The van der Waals surface area contributed by atoms with Crippen LogP contribution in [-0.4, -0.2) is 6.61 Å². The lowest BCUT2D eigenvalue weighted by Crippen LogP contribution is -2.01. The molecule has 3 aromatic rings. The number of benzene rings is 3. The van der Waals surface area contributed by atoms with Crippen LogP contribution in [0.25, 0.3) is 11.6 Å². The van der Waals surface area contributed by atoms with E-state index in [4.69, 9.17) is 44.3 Å². The van der Waals surface area contributed by atoms with Gasteiger partial charge in [-0.05, 0) is 60.5 Å². The summed E-state index contributed by atoms with van der Waals surface area (Å²) in [4.78, 5) is 0. The Hall–Kier alpha value is -2.16. The quantitative estimate of drug-likeness (QED) is 0.224. The van der Waals surface area contributed by atoms with E-state index in [9.17, 15) is 5.26 Å². The van der Waals surface area contributed by atoms with Crippen molar-refractivity contribution in [3.63, 3.8) is 0 Å². The van der Waals surface area contributed by atoms with Crippen LogP contribution in [-0.2, 0) is 6.61 Å². The van der Waals surface area contributed by atoms with E-state index >= 15 is 0 Å². The van der Waals surface area contributed by atoms with E-state index < -0.39 is 0 Å². The fourth-order valence-corrected chi connectivity index (χ4v) is 3.90. The molecule has 0 spiro atoms. The first kappa shape index (κ1) is 23.5. The number of rotatable bonds is 7. The van der Waals surface area contributed by atoms with E-state index in [1.807, 2.05) is 31.2 Å². The molecule has 158 valence electrons. The summed E-state index contributed by atoms with van der Waals surface area (Å²) in [6, 6.07) is 18.5. The van der Waals surface area contributed by atoms with Crippen molar-refractivity contribution in [2.24, 2.45) is 0 Å². The molecule has 0 heterocycles. The molecule has 31 heavy (non-hydrogen) atoms. The summed E-state index contributed by atoms with van der Waals surface area (Å²) in [5.41, 5.74) is 2.64. The standard InChI is InChI=1S/C24H17BrCl3NO2/c1-2-30-23-11-16(9-17(13-29)20-8-7-19(26)12-21(20)27)10-22(28)24(23)31-14-15-3-5-18(25)6-4-15/h3-12H,2,14H2,1H3/b17-9+. The van der Waals surface area contributed by atoms with Gasteiger partial charge in [-0.15, -0.1) is 0 Å². The van der Waals surface area contributed by atoms with Crippen molar-refractivity contribution in [2.75, 3.05) is 6.61 Å². The number of ether oxygens (including phenoxy) is 2. The second kappa shape index (κ2) is 10.9. The topological polar surface area (TPSA) is 42.2 Å². The summed E-state index contributed by atoms with van der Waals surface area (Å²) >= 11 is 22.2. The molecule has 0 amide bonds. The molecule has 0 bridgehead atoms. The van der Waals surface area contributed by atoms with E-state index in [2.05, 4.69) is 22.0 Å². The molecule has 0 aromatic heterocycles. The molecule has 7 heteroatoms. The normalized spacial score (nSPS) is 11.2.